The minimum Gasteiger partial charge on any atom is -0.463 e. The highest BCUT2D eigenvalue weighted by atomic mass is 16.3. The lowest BCUT2D eigenvalue weighted by atomic mass is 9.90. The molecule has 0 bridgehead atoms. The molecular formula is C31H23N5O3. The van der Waals surface area contributed by atoms with Crippen molar-refractivity contribution in [2.45, 2.75) is 5.92 Å². The van der Waals surface area contributed by atoms with Gasteiger partial charge >= 0.3 is 0 Å². The molecule has 8 heteroatoms. The first kappa shape index (κ1) is 23.9. The quantitative estimate of drug-likeness (QED) is 0.287. The first-order valence-electron chi connectivity index (χ1n) is 12.4. The van der Waals surface area contributed by atoms with E-state index in [0.717, 1.165) is 16.7 Å². The number of rotatable bonds is 7. The van der Waals surface area contributed by atoms with E-state index >= 15 is 0 Å². The van der Waals surface area contributed by atoms with Crippen LogP contribution in [0, 0.1) is 0 Å². The maximum atomic E-state index is 13.9. The number of aromatic nitrogens is 4. The van der Waals surface area contributed by atoms with E-state index in [1.807, 2.05) is 91.0 Å². The minimum absolute atomic E-state index is 0.158. The number of anilines is 1. The van der Waals surface area contributed by atoms with E-state index in [4.69, 9.17) is 4.42 Å². The summed E-state index contributed by atoms with van der Waals surface area (Å²) in [6.07, 6.45) is 1.55. The van der Waals surface area contributed by atoms with Gasteiger partial charge in [0.25, 0.3) is 5.56 Å². The number of amides is 1. The van der Waals surface area contributed by atoms with Crippen LogP contribution in [-0.2, 0) is 4.79 Å². The summed E-state index contributed by atoms with van der Waals surface area (Å²) in [5.74, 6) is 0.155. The monoisotopic (exact) mass is 513 g/mol. The third kappa shape index (κ3) is 5.03. The van der Waals surface area contributed by atoms with Crippen molar-refractivity contribution in [3.63, 3.8) is 0 Å². The summed E-state index contributed by atoms with van der Waals surface area (Å²) >= 11 is 0. The van der Waals surface area contributed by atoms with Crippen molar-refractivity contribution in [1.29, 1.82) is 0 Å². The number of furan rings is 1. The van der Waals surface area contributed by atoms with Crippen LogP contribution in [0.15, 0.2) is 131 Å². The molecule has 0 spiro atoms. The Hall–Kier alpha value is -5.50. The Bertz CT molecular complexity index is 1720. The zero-order valence-electron chi connectivity index (χ0n) is 20.7. The van der Waals surface area contributed by atoms with E-state index < -0.39 is 5.92 Å². The Labute approximate surface area is 223 Å². The average Bonchev–Trinajstić information content (AvgIpc) is 3.65. The van der Waals surface area contributed by atoms with Gasteiger partial charge in [-0.2, -0.15) is 9.78 Å². The zero-order valence-corrected chi connectivity index (χ0v) is 20.7. The van der Waals surface area contributed by atoms with E-state index in [1.54, 1.807) is 24.5 Å². The van der Waals surface area contributed by atoms with Crippen LogP contribution >= 0.6 is 0 Å². The van der Waals surface area contributed by atoms with Crippen molar-refractivity contribution >= 4 is 11.7 Å². The minimum atomic E-state index is -0.578. The summed E-state index contributed by atoms with van der Waals surface area (Å²) in [6, 6.07) is 35.2. The molecule has 0 aliphatic carbocycles. The molecule has 0 atom stereocenters. The molecule has 190 valence electrons. The van der Waals surface area contributed by atoms with Gasteiger partial charge in [0.05, 0.1) is 17.9 Å². The van der Waals surface area contributed by atoms with Crippen LogP contribution in [0.3, 0.4) is 0 Å². The number of H-pyrrole nitrogens is 1. The average molecular weight is 514 g/mol. The fourth-order valence-corrected chi connectivity index (χ4v) is 4.46. The molecule has 0 radical (unpaired) electrons. The lowest BCUT2D eigenvalue weighted by Gasteiger charge is -2.18. The standard InChI is InChI=1S/C31H23N5O3/c37-28-20-24(21-11-4-1-5-12-21)32-31(34-28)36-27(19-25(35-36)26-17-10-18-39-26)33-30(38)29(22-13-6-2-7-14-22)23-15-8-3-9-16-23/h1-20,29H,(H,33,38)(H,32,34,37). The number of hydrogen-bond donors (Lipinski definition) is 2. The highest BCUT2D eigenvalue weighted by Gasteiger charge is 2.25. The largest absolute Gasteiger partial charge is 0.463 e. The highest BCUT2D eigenvalue weighted by Crippen LogP contribution is 2.29. The molecular weight excluding hydrogens is 490 g/mol. The van der Waals surface area contributed by atoms with E-state index in [0.29, 0.717) is 23.0 Å². The molecule has 8 nitrogen and oxygen atoms in total. The van der Waals surface area contributed by atoms with Crippen molar-refractivity contribution in [1.82, 2.24) is 19.7 Å². The predicted octanol–water partition coefficient (Wildman–Crippen LogP) is 5.65. The second kappa shape index (κ2) is 10.5. The number of carbonyl (C=O) groups is 1. The highest BCUT2D eigenvalue weighted by molar-refractivity contribution is 5.98. The van der Waals surface area contributed by atoms with Crippen molar-refractivity contribution < 1.29 is 9.21 Å². The molecule has 6 aromatic rings. The third-order valence-corrected chi connectivity index (χ3v) is 6.26. The molecule has 3 aromatic heterocycles. The maximum Gasteiger partial charge on any atom is 0.252 e. The van der Waals surface area contributed by atoms with Gasteiger partial charge in [0.1, 0.15) is 11.5 Å². The van der Waals surface area contributed by atoms with Gasteiger partial charge in [-0.15, -0.1) is 0 Å². The Morgan fingerprint density at radius 3 is 2.05 bits per heavy atom. The van der Waals surface area contributed by atoms with Crippen molar-refractivity contribution in [3.05, 3.63) is 143 Å². The molecule has 3 aromatic carbocycles. The molecule has 0 saturated heterocycles. The Kier molecular flexibility index (Phi) is 6.41. The van der Waals surface area contributed by atoms with Crippen LogP contribution in [0.5, 0.6) is 0 Å². The maximum absolute atomic E-state index is 13.9. The fraction of sp³-hybridized carbons (Fsp3) is 0.0323. The molecule has 3 heterocycles. The third-order valence-electron chi connectivity index (χ3n) is 6.26. The number of aromatic amines is 1. The second-order valence-corrected chi connectivity index (χ2v) is 8.87. The van der Waals surface area contributed by atoms with E-state index in [1.165, 1.54) is 10.7 Å². The molecule has 0 unspecified atom stereocenters. The normalized spacial score (nSPS) is 11.0. The van der Waals surface area contributed by atoms with Crippen LogP contribution < -0.4 is 10.9 Å². The van der Waals surface area contributed by atoms with Gasteiger partial charge in [0, 0.05) is 17.7 Å². The van der Waals surface area contributed by atoms with Crippen LogP contribution in [0.2, 0.25) is 0 Å². The first-order valence-corrected chi connectivity index (χ1v) is 12.4. The number of carbonyl (C=O) groups excluding carboxylic acids is 1. The smallest absolute Gasteiger partial charge is 0.252 e. The topological polar surface area (TPSA) is 106 Å². The fourth-order valence-electron chi connectivity index (χ4n) is 4.46. The van der Waals surface area contributed by atoms with Crippen LogP contribution in [-0.4, -0.2) is 25.7 Å². The van der Waals surface area contributed by atoms with Gasteiger partial charge in [-0.05, 0) is 23.3 Å². The Morgan fingerprint density at radius 2 is 1.44 bits per heavy atom. The van der Waals surface area contributed by atoms with Crippen LogP contribution in [0.4, 0.5) is 5.82 Å². The van der Waals surface area contributed by atoms with Crippen molar-refractivity contribution in [3.8, 4) is 28.7 Å². The predicted molar refractivity (Wildman–Crippen MR) is 148 cm³/mol. The van der Waals surface area contributed by atoms with E-state index in [-0.39, 0.29) is 17.4 Å². The molecule has 1 amide bonds. The second-order valence-electron chi connectivity index (χ2n) is 8.87. The summed E-state index contributed by atoms with van der Waals surface area (Å²) in [7, 11) is 0. The van der Waals surface area contributed by atoms with E-state index in [2.05, 4.69) is 20.4 Å². The zero-order chi connectivity index (χ0) is 26.6. The first-order chi connectivity index (χ1) is 19.2. The summed E-state index contributed by atoms with van der Waals surface area (Å²) in [6.45, 7) is 0. The van der Waals surface area contributed by atoms with Gasteiger partial charge in [0.15, 0.2) is 5.76 Å². The summed E-state index contributed by atoms with van der Waals surface area (Å²) in [4.78, 5) is 34.0. The van der Waals surface area contributed by atoms with Crippen molar-refractivity contribution in [2.75, 3.05) is 5.32 Å². The van der Waals surface area contributed by atoms with Gasteiger partial charge in [-0.25, -0.2) is 4.98 Å². The molecule has 0 aliphatic rings. The van der Waals surface area contributed by atoms with Gasteiger partial charge in [-0.3, -0.25) is 14.6 Å². The number of hydrogen-bond acceptors (Lipinski definition) is 5. The summed E-state index contributed by atoms with van der Waals surface area (Å²) in [5, 5.41) is 7.66. The number of nitrogens with one attached hydrogen (secondary N) is 2. The molecule has 6 rings (SSSR count). The Morgan fingerprint density at radius 1 is 0.795 bits per heavy atom. The van der Waals surface area contributed by atoms with Crippen molar-refractivity contribution in [2.24, 2.45) is 0 Å². The van der Waals surface area contributed by atoms with Gasteiger partial charge < -0.3 is 9.73 Å². The van der Waals surface area contributed by atoms with Gasteiger partial charge in [-0.1, -0.05) is 91.0 Å². The van der Waals surface area contributed by atoms with Crippen LogP contribution in [0.1, 0.15) is 17.0 Å². The molecule has 0 aliphatic heterocycles. The summed E-state index contributed by atoms with van der Waals surface area (Å²) in [5.41, 5.74) is 3.07. The SMILES string of the molecule is O=C(Nc1cc(-c2ccco2)nn1-c1nc(-c2ccccc2)cc(=O)[nH]1)C(c1ccccc1)c1ccccc1. The molecule has 0 fully saturated rings. The lowest BCUT2D eigenvalue weighted by molar-refractivity contribution is -0.116. The molecule has 2 N–H and O–H groups in total. The molecule has 0 saturated carbocycles. The summed E-state index contributed by atoms with van der Waals surface area (Å²) < 4.78 is 6.96. The van der Waals surface area contributed by atoms with Crippen LogP contribution in [0.25, 0.3) is 28.7 Å². The lowest BCUT2D eigenvalue weighted by Crippen LogP contribution is -2.24. The van der Waals surface area contributed by atoms with E-state index in [9.17, 15) is 9.59 Å². The number of nitrogens with zero attached hydrogens (tertiary/aromatic N) is 3. The number of benzene rings is 3. The van der Waals surface area contributed by atoms with Gasteiger partial charge in [0.2, 0.25) is 11.9 Å². The molecule has 39 heavy (non-hydrogen) atoms. The Balaban J connectivity index is 1.44.